The molecule has 4 nitrogen and oxygen atoms in total. The zero-order chi connectivity index (χ0) is 8.97. The Labute approximate surface area is 78.0 Å². The standard InChI is InChI=1S/C7H6BrNO3/c1-11-7(10)6-5(12-8)3-2-4-9-6/h2-4H,1H3. The number of halogens is 1. The number of carbonyl (C=O) groups excluding carboxylic acids is 1. The maximum absolute atomic E-state index is 11.0. The Morgan fingerprint density at radius 3 is 3.00 bits per heavy atom. The predicted octanol–water partition coefficient (Wildman–Crippen LogP) is 1.56. The van der Waals surface area contributed by atoms with Gasteiger partial charge in [-0.3, -0.25) is 0 Å². The summed E-state index contributed by atoms with van der Waals surface area (Å²) >= 11 is 2.76. The van der Waals surface area contributed by atoms with Crippen LogP contribution in [-0.4, -0.2) is 18.1 Å². The molecule has 5 heteroatoms. The Morgan fingerprint density at radius 2 is 2.42 bits per heavy atom. The van der Waals surface area contributed by atoms with Crippen molar-refractivity contribution in [3.63, 3.8) is 0 Å². The van der Waals surface area contributed by atoms with Crippen molar-refractivity contribution in [2.75, 3.05) is 7.11 Å². The third kappa shape index (κ3) is 1.73. The van der Waals surface area contributed by atoms with Crippen LogP contribution >= 0.6 is 16.3 Å². The molecule has 12 heavy (non-hydrogen) atoms. The highest BCUT2D eigenvalue weighted by Crippen LogP contribution is 2.17. The zero-order valence-electron chi connectivity index (χ0n) is 6.28. The molecule has 0 aliphatic carbocycles. The normalized spacial score (nSPS) is 9.17. The van der Waals surface area contributed by atoms with E-state index in [1.807, 2.05) is 0 Å². The van der Waals surface area contributed by atoms with Gasteiger partial charge in [0, 0.05) is 6.20 Å². The molecule has 0 aliphatic rings. The van der Waals surface area contributed by atoms with E-state index in [0.29, 0.717) is 5.75 Å². The number of aromatic nitrogens is 1. The van der Waals surface area contributed by atoms with Crippen LogP contribution in [0.2, 0.25) is 0 Å². The second-order valence-electron chi connectivity index (χ2n) is 1.92. The lowest BCUT2D eigenvalue weighted by Gasteiger charge is -2.01. The van der Waals surface area contributed by atoms with E-state index in [1.165, 1.54) is 13.3 Å². The van der Waals surface area contributed by atoms with E-state index >= 15 is 0 Å². The molecule has 0 saturated carbocycles. The first-order valence-corrected chi connectivity index (χ1v) is 3.76. The van der Waals surface area contributed by atoms with E-state index in [1.54, 1.807) is 12.1 Å². The summed E-state index contributed by atoms with van der Waals surface area (Å²) in [6.45, 7) is 0. The Bertz CT molecular complexity index is 290. The summed E-state index contributed by atoms with van der Waals surface area (Å²) in [7, 11) is 1.29. The largest absolute Gasteiger partial charge is 0.464 e. The summed E-state index contributed by atoms with van der Waals surface area (Å²) in [4.78, 5) is 14.8. The molecule has 1 aromatic rings. The average molecular weight is 232 g/mol. The first-order chi connectivity index (χ1) is 5.79. The van der Waals surface area contributed by atoms with Crippen molar-refractivity contribution in [2.45, 2.75) is 0 Å². The Kier molecular flexibility index (Phi) is 3.04. The lowest BCUT2D eigenvalue weighted by Crippen LogP contribution is -2.04. The van der Waals surface area contributed by atoms with Crippen molar-refractivity contribution in [3.8, 4) is 5.75 Å². The van der Waals surface area contributed by atoms with Gasteiger partial charge >= 0.3 is 5.97 Å². The minimum atomic E-state index is -0.523. The molecule has 0 aliphatic heterocycles. The molecule has 0 atom stereocenters. The molecule has 0 N–H and O–H groups in total. The Morgan fingerprint density at radius 1 is 1.67 bits per heavy atom. The van der Waals surface area contributed by atoms with E-state index in [9.17, 15) is 4.79 Å². The van der Waals surface area contributed by atoms with Crippen molar-refractivity contribution < 1.29 is 13.4 Å². The third-order valence-electron chi connectivity index (χ3n) is 1.23. The number of carbonyl (C=O) groups is 1. The summed E-state index contributed by atoms with van der Waals surface area (Å²) in [5, 5.41) is 0. The number of esters is 1. The van der Waals surface area contributed by atoms with Crippen LogP contribution in [0.15, 0.2) is 18.3 Å². The molecule has 0 aromatic carbocycles. The van der Waals surface area contributed by atoms with E-state index < -0.39 is 5.97 Å². The maximum atomic E-state index is 11.0. The van der Waals surface area contributed by atoms with E-state index in [4.69, 9.17) is 3.83 Å². The highest BCUT2D eigenvalue weighted by Gasteiger charge is 2.13. The molecular formula is C7H6BrNO3. The first kappa shape index (κ1) is 8.99. The van der Waals surface area contributed by atoms with Crippen molar-refractivity contribution >= 4 is 22.2 Å². The van der Waals surface area contributed by atoms with Gasteiger partial charge in [-0.15, -0.1) is 0 Å². The second-order valence-corrected chi connectivity index (χ2v) is 2.24. The van der Waals surface area contributed by atoms with Crippen LogP contribution in [0.5, 0.6) is 5.75 Å². The lowest BCUT2D eigenvalue weighted by atomic mass is 10.3. The number of rotatable bonds is 2. The van der Waals surface area contributed by atoms with Crippen LogP contribution < -0.4 is 3.83 Å². The maximum Gasteiger partial charge on any atom is 0.360 e. The number of methoxy groups -OCH3 is 1. The summed E-state index contributed by atoms with van der Waals surface area (Å²) < 4.78 is 9.19. The average Bonchev–Trinajstić information content (AvgIpc) is 2.16. The van der Waals surface area contributed by atoms with Crippen molar-refractivity contribution in [2.24, 2.45) is 0 Å². The number of hydrogen-bond acceptors (Lipinski definition) is 4. The van der Waals surface area contributed by atoms with Gasteiger partial charge in [-0.05, 0) is 12.1 Å². The fourth-order valence-electron chi connectivity index (χ4n) is 0.703. The van der Waals surface area contributed by atoms with Crippen LogP contribution in [-0.2, 0) is 4.74 Å². The monoisotopic (exact) mass is 231 g/mol. The zero-order valence-corrected chi connectivity index (χ0v) is 7.87. The van der Waals surface area contributed by atoms with E-state index in [0.717, 1.165) is 0 Å². The summed E-state index contributed by atoms with van der Waals surface area (Å²) in [5.41, 5.74) is 0.150. The number of hydrogen-bond donors (Lipinski definition) is 0. The number of pyridine rings is 1. The van der Waals surface area contributed by atoms with Gasteiger partial charge in [-0.1, -0.05) is 0 Å². The Hall–Kier alpha value is -1.10. The predicted molar refractivity (Wildman–Crippen MR) is 45.1 cm³/mol. The van der Waals surface area contributed by atoms with Gasteiger partial charge in [-0.2, -0.15) is 0 Å². The van der Waals surface area contributed by atoms with Crippen LogP contribution in [0.3, 0.4) is 0 Å². The molecule has 0 amide bonds. The quantitative estimate of drug-likeness (QED) is 0.726. The summed E-state index contributed by atoms with van der Waals surface area (Å²) in [6.07, 6.45) is 1.49. The van der Waals surface area contributed by atoms with Gasteiger partial charge in [0.25, 0.3) is 0 Å². The molecule has 0 saturated heterocycles. The molecule has 0 unspecified atom stereocenters. The minimum absolute atomic E-state index is 0.150. The fourth-order valence-corrected chi connectivity index (χ4v) is 0.964. The molecule has 1 heterocycles. The van der Waals surface area contributed by atoms with E-state index in [2.05, 4.69) is 26.0 Å². The van der Waals surface area contributed by atoms with E-state index in [-0.39, 0.29) is 5.69 Å². The smallest absolute Gasteiger partial charge is 0.360 e. The fraction of sp³-hybridized carbons (Fsp3) is 0.143. The SMILES string of the molecule is COC(=O)c1ncccc1OBr. The van der Waals surface area contributed by atoms with Gasteiger partial charge in [0.1, 0.15) is 0 Å². The molecule has 64 valence electrons. The lowest BCUT2D eigenvalue weighted by molar-refractivity contribution is 0.0592. The topological polar surface area (TPSA) is 48.4 Å². The van der Waals surface area contributed by atoms with Crippen molar-refractivity contribution in [3.05, 3.63) is 24.0 Å². The van der Waals surface area contributed by atoms with Gasteiger partial charge in [0.2, 0.25) is 0 Å². The third-order valence-corrected chi connectivity index (χ3v) is 1.58. The Balaban J connectivity index is 3.04. The molecule has 0 fully saturated rings. The summed E-state index contributed by atoms with van der Waals surface area (Å²) in [6, 6.07) is 3.26. The van der Waals surface area contributed by atoms with Crippen molar-refractivity contribution in [1.29, 1.82) is 0 Å². The molecule has 0 bridgehead atoms. The van der Waals surface area contributed by atoms with Crippen LogP contribution in [0.1, 0.15) is 10.5 Å². The second kappa shape index (κ2) is 4.06. The van der Waals surface area contributed by atoms with Gasteiger partial charge in [0.05, 0.1) is 7.11 Å². The number of ether oxygens (including phenoxy) is 1. The molecular weight excluding hydrogens is 226 g/mol. The molecule has 0 radical (unpaired) electrons. The highest BCUT2D eigenvalue weighted by molar-refractivity contribution is 9.06. The molecule has 0 spiro atoms. The number of nitrogens with zero attached hydrogens (tertiary/aromatic N) is 1. The van der Waals surface area contributed by atoms with Crippen LogP contribution in [0.4, 0.5) is 0 Å². The molecule has 1 rings (SSSR count). The van der Waals surface area contributed by atoms with Crippen LogP contribution in [0, 0.1) is 0 Å². The first-order valence-electron chi connectivity index (χ1n) is 3.11. The van der Waals surface area contributed by atoms with Crippen LogP contribution in [0.25, 0.3) is 0 Å². The minimum Gasteiger partial charge on any atom is -0.464 e. The molecule has 1 aromatic heterocycles. The summed E-state index contributed by atoms with van der Waals surface area (Å²) in [5.74, 6) is -0.186. The highest BCUT2D eigenvalue weighted by atomic mass is 79.9. The van der Waals surface area contributed by atoms with Gasteiger partial charge in [-0.25, -0.2) is 9.78 Å². The van der Waals surface area contributed by atoms with Gasteiger partial charge in [0.15, 0.2) is 27.7 Å². The van der Waals surface area contributed by atoms with Gasteiger partial charge < -0.3 is 8.57 Å². The van der Waals surface area contributed by atoms with Crippen molar-refractivity contribution in [1.82, 2.24) is 4.98 Å².